The summed E-state index contributed by atoms with van der Waals surface area (Å²) in [6.45, 7) is 3.89. The Hall–Kier alpha value is -1.43. The van der Waals surface area contributed by atoms with Crippen LogP contribution in [0.5, 0.6) is 0 Å². The van der Waals surface area contributed by atoms with Crippen LogP contribution in [0, 0.1) is 13.8 Å². The fourth-order valence-corrected chi connectivity index (χ4v) is 2.58. The molecule has 0 amide bonds. The first-order chi connectivity index (χ1) is 9.13. The van der Waals surface area contributed by atoms with Crippen LogP contribution in [0.15, 0.2) is 6.07 Å². The van der Waals surface area contributed by atoms with E-state index >= 15 is 0 Å². The fourth-order valence-electron chi connectivity index (χ4n) is 2.36. The summed E-state index contributed by atoms with van der Waals surface area (Å²) in [6.07, 6.45) is 6.30. The van der Waals surface area contributed by atoms with Crippen molar-refractivity contribution in [1.82, 2.24) is 20.7 Å². The maximum Gasteiger partial charge on any atom is 0.242 e. The van der Waals surface area contributed by atoms with Crippen LogP contribution in [0.1, 0.15) is 43.5 Å². The zero-order valence-corrected chi connectivity index (χ0v) is 12.3. The highest BCUT2D eigenvalue weighted by Crippen LogP contribution is 2.17. The fraction of sp³-hybridized carbons (Fsp3) is 0.615. The number of hydrogen-bond donors (Lipinski definition) is 3. The lowest BCUT2D eigenvalue weighted by Crippen LogP contribution is -2.45. The van der Waals surface area contributed by atoms with E-state index in [4.69, 9.17) is 12.2 Å². The average Bonchev–Trinajstić information content (AvgIpc) is 2.36. The minimum absolute atomic E-state index is 0.496. The molecule has 19 heavy (non-hydrogen) atoms. The number of thiocarbonyl (C=S) groups is 1. The molecule has 1 aromatic heterocycles. The second-order valence-electron chi connectivity index (χ2n) is 5.03. The van der Waals surface area contributed by atoms with E-state index in [1.807, 2.05) is 19.9 Å². The highest BCUT2D eigenvalue weighted by Gasteiger charge is 2.13. The minimum Gasteiger partial charge on any atom is -0.359 e. The van der Waals surface area contributed by atoms with E-state index in [1.165, 1.54) is 32.1 Å². The number of hydrogen-bond acceptors (Lipinski definition) is 4. The standard InChI is InChI=1S/C13H21N5S/c1-9-8-10(2)15-12(14-9)17-18-13(19)16-11-6-4-3-5-7-11/h8,11H,3-7H2,1-2H3,(H,14,15,17)(H2,16,18,19). The SMILES string of the molecule is Cc1cc(C)nc(NNC(=S)NC2CCCCC2)n1. The van der Waals surface area contributed by atoms with E-state index in [0.29, 0.717) is 17.1 Å². The summed E-state index contributed by atoms with van der Waals surface area (Å²) in [4.78, 5) is 8.56. The molecular weight excluding hydrogens is 258 g/mol. The Morgan fingerprint density at radius 3 is 2.42 bits per heavy atom. The summed E-state index contributed by atoms with van der Waals surface area (Å²) in [5.41, 5.74) is 7.75. The van der Waals surface area contributed by atoms with Gasteiger partial charge in [0.15, 0.2) is 5.11 Å². The summed E-state index contributed by atoms with van der Waals surface area (Å²) in [7, 11) is 0. The molecule has 1 heterocycles. The number of hydrazine groups is 1. The average molecular weight is 279 g/mol. The Balaban J connectivity index is 1.79. The van der Waals surface area contributed by atoms with Crippen LogP contribution < -0.4 is 16.2 Å². The van der Waals surface area contributed by atoms with Gasteiger partial charge < -0.3 is 5.32 Å². The Morgan fingerprint density at radius 2 is 1.79 bits per heavy atom. The zero-order valence-electron chi connectivity index (χ0n) is 11.5. The molecule has 0 unspecified atom stereocenters. The van der Waals surface area contributed by atoms with Crippen molar-refractivity contribution in [3.8, 4) is 0 Å². The van der Waals surface area contributed by atoms with Crippen molar-refractivity contribution < 1.29 is 0 Å². The molecule has 0 aliphatic heterocycles. The first-order valence-electron chi connectivity index (χ1n) is 6.78. The van der Waals surface area contributed by atoms with E-state index in [0.717, 1.165) is 11.4 Å². The highest BCUT2D eigenvalue weighted by atomic mass is 32.1. The molecule has 1 saturated carbocycles. The molecule has 0 saturated heterocycles. The molecule has 1 aliphatic rings. The molecular formula is C13H21N5S. The number of rotatable bonds is 3. The van der Waals surface area contributed by atoms with Gasteiger partial charge in [0.1, 0.15) is 0 Å². The van der Waals surface area contributed by atoms with E-state index in [-0.39, 0.29) is 0 Å². The van der Waals surface area contributed by atoms with Crippen LogP contribution in [0.25, 0.3) is 0 Å². The topological polar surface area (TPSA) is 61.9 Å². The number of nitrogens with one attached hydrogen (secondary N) is 3. The van der Waals surface area contributed by atoms with Gasteiger partial charge in [0.2, 0.25) is 5.95 Å². The number of anilines is 1. The Kier molecular flexibility index (Phi) is 4.90. The maximum absolute atomic E-state index is 5.26. The zero-order chi connectivity index (χ0) is 13.7. The van der Waals surface area contributed by atoms with E-state index < -0.39 is 0 Å². The monoisotopic (exact) mass is 279 g/mol. The number of nitrogens with zero attached hydrogens (tertiary/aromatic N) is 2. The predicted octanol–water partition coefficient (Wildman–Crippen LogP) is 2.22. The second-order valence-corrected chi connectivity index (χ2v) is 5.44. The highest BCUT2D eigenvalue weighted by molar-refractivity contribution is 7.80. The van der Waals surface area contributed by atoms with Gasteiger partial charge in [0.05, 0.1) is 0 Å². The summed E-state index contributed by atoms with van der Waals surface area (Å²) < 4.78 is 0. The summed E-state index contributed by atoms with van der Waals surface area (Å²) in [5.74, 6) is 0.547. The summed E-state index contributed by atoms with van der Waals surface area (Å²) in [5, 5.41) is 3.93. The Labute approximate surface area is 119 Å². The lowest BCUT2D eigenvalue weighted by molar-refractivity contribution is 0.412. The molecule has 2 rings (SSSR count). The second kappa shape index (κ2) is 6.65. The van der Waals surface area contributed by atoms with Gasteiger partial charge in [0.25, 0.3) is 0 Å². The molecule has 0 radical (unpaired) electrons. The van der Waals surface area contributed by atoms with Gasteiger partial charge in [-0.15, -0.1) is 0 Å². The maximum atomic E-state index is 5.26. The van der Waals surface area contributed by atoms with Crippen LogP contribution in [-0.2, 0) is 0 Å². The van der Waals surface area contributed by atoms with Crippen molar-refractivity contribution in [3.05, 3.63) is 17.5 Å². The molecule has 0 atom stereocenters. The lowest BCUT2D eigenvalue weighted by Gasteiger charge is -2.24. The van der Waals surface area contributed by atoms with Crippen molar-refractivity contribution >= 4 is 23.3 Å². The van der Waals surface area contributed by atoms with Gasteiger partial charge in [-0.05, 0) is 45.0 Å². The third-order valence-corrected chi connectivity index (χ3v) is 3.43. The number of aromatic nitrogens is 2. The molecule has 6 heteroatoms. The third kappa shape index (κ3) is 4.63. The van der Waals surface area contributed by atoms with Crippen LogP contribution in [-0.4, -0.2) is 21.1 Å². The van der Waals surface area contributed by atoms with Crippen LogP contribution in [0.3, 0.4) is 0 Å². The van der Waals surface area contributed by atoms with Gasteiger partial charge in [0, 0.05) is 17.4 Å². The van der Waals surface area contributed by atoms with Crippen molar-refractivity contribution in [2.75, 3.05) is 5.43 Å². The minimum atomic E-state index is 0.496. The summed E-state index contributed by atoms with van der Waals surface area (Å²) in [6, 6.07) is 2.43. The van der Waals surface area contributed by atoms with Crippen molar-refractivity contribution in [1.29, 1.82) is 0 Å². The van der Waals surface area contributed by atoms with Gasteiger partial charge >= 0.3 is 0 Å². The van der Waals surface area contributed by atoms with E-state index in [9.17, 15) is 0 Å². The molecule has 0 bridgehead atoms. The normalized spacial score (nSPS) is 15.9. The molecule has 1 aromatic rings. The molecule has 1 fully saturated rings. The van der Waals surface area contributed by atoms with Crippen molar-refractivity contribution in [2.24, 2.45) is 0 Å². The van der Waals surface area contributed by atoms with Crippen LogP contribution >= 0.6 is 12.2 Å². The summed E-state index contributed by atoms with van der Waals surface area (Å²) >= 11 is 5.26. The van der Waals surface area contributed by atoms with E-state index in [2.05, 4.69) is 26.1 Å². The third-order valence-electron chi connectivity index (χ3n) is 3.21. The quantitative estimate of drug-likeness (QED) is 0.582. The van der Waals surface area contributed by atoms with Gasteiger partial charge in [-0.2, -0.15) is 0 Å². The van der Waals surface area contributed by atoms with Gasteiger partial charge in [-0.25, -0.2) is 9.97 Å². The molecule has 1 aliphatic carbocycles. The predicted molar refractivity (Wildman–Crippen MR) is 80.9 cm³/mol. The van der Waals surface area contributed by atoms with Gasteiger partial charge in [-0.1, -0.05) is 19.3 Å². The first kappa shape index (κ1) is 14.0. The Bertz CT molecular complexity index is 422. The molecule has 0 aromatic carbocycles. The van der Waals surface area contributed by atoms with Crippen LogP contribution in [0.4, 0.5) is 5.95 Å². The smallest absolute Gasteiger partial charge is 0.242 e. The first-order valence-corrected chi connectivity index (χ1v) is 7.19. The molecule has 0 spiro atoms. The Morgan fingerprint density at radius 1 is 1.16 bits per heavy atom. The number of aryl methyl sites for hydroxylation is 2. The molecule has 5 nitrogen and oxygen atoms in total. The largest absolute Gasteiger partial charge is 0.359 e. The van der Waals surface area contributed by atoms with Crippen LogP contribution in [0.2, 0.25) is 0 Å². The molecule has 3 N–H and O–H groups in total. The van der Waals surface area contributed by atoms with Crippen molar-refractivity contribution in [3.63, 3.8) is 0 Å². The molecule has 104 valence electrons. The van der Waals surface area contributed by atoms with Crippen molar-refractivity contribution in [2.45, 2.75) is 52.0 Å². The van der Waals surface area contributed by atoms with E-state index in [1.54, 1.807) is 0 Å². The lowest BCUT2D eigenvalue weighted by atomic mass is 9.96. The van der Waals surface area contributed by atoms with Gasteiger partial charge in [-0.3, -0.25) is 10.9 Å².